The second kappa shape index (κ2) is 7.63. The van der Waals surface area contributed by atoms with Gasteiger partial charge in [0.05, 0.1) is 10.4 Å². The highest BCUT2D eigenvalue weighted by Crippen LogP contribution is 2.26. The van der Waals surface area contributed by atoms with Gasteiger partial charge in [0.25, 0.3) is 5.91 Å². The van der Waals surface area contributed by atoms with E-state index in [1.54, 1.807) is 41.0 Å². The molecule has 2 heterocycles. The van der Waals surface area contributed by atoms with Crippen LogP contribution < -0.4 is 5.32 Å². The van der Waals surface area contributed by atoms with E-state index in [0.29, 0.717) is 17.7 Å². The third kappa shape index (κ3) is 4.09. The van der Waals surface area contributed by atoms with E-state index in [0.717, 1.165) is 10.6 Å². The number of hydrogen-bond donors (Lipinski definition) is 2. The number of rotatable bonds is 7. The molecule has 0 radical (unpaired) electrons. The molecule has 1 amide bonds. The maximum absolute atomic E-state index is 12.5. The van der Waals surface area contributed by atoms with Crippen molar-refractivity contribution < 1.29 is 9.90 Å². The van der Waals surface area contributed by atoms with Crippen LogP contribution in [0.2, 0.25) is 0 Å². The molecule has 0 bridgehead atoms. The molecule has 0 spiro atoms. The maximum Gasteiger partial charge on any atom is 0.255 e. The first-order valence-corrected chi connectivity index (χ1v) is 8.91. The van der Waals surface area contributed by atoms with Crippen molar-refractivity contribution >= 4 is 29.0 Å². The van der Waals surface area contributed by atoms with Gasteiger partial charge in [0, 0.05) is 31.6 Å². The average molecular weight is 325 g/mol. The van der Waals surface area contributed by atoms with Crippen LogP contribution in [0.4, 0.5) is 0 Å². The van der Waals surface area contributed by atoms with Gasteiger partial charge in [0.1, 0.15) is 5.69 Å². The number of aliphatic hydroxyl groups excluding tert-OH is 1. The molecule has 2 aromatic rings. The Morgan fingerprint density at radius 1 is 1.62 bits per heavy atom. The number of nitrogens with zero attached hydrogens (tertiary/aromatic N) is 2. The lowest BCUT2D eigenvalue weighted by Crippen LogP contribution is -2.37. The Hall–Kier alpha value is -1.31. The molecule has 2 rings (SSSR count). The third-order valence-electron chi connectivity index (χ3n) is 3.01. The van der Waals surface area contributed by atoms with Crippen LogP contribution in [0.1, 0.15) is 16.8 Å². The minimum atomic E-state index is -0.140. The van der Waals surface area contributed by atoms with Crippen molar-refractivity contribution in [3.63, 3.8) is 0 Å². The first-order chi connectivity index (χ1) is 10.2. The molecule has 2 aromatic heterocycles. The molecule has 0 aliphatic rings. The summed E-state index contributed by atoms with van der Waals surface area (Å²) in [5, 5.41) is 18.4. The second-order valence-corrected chi connectivity index (χ2v) is 6.54. The zero-order valence-corrected chi connectivity index (χ0v) is 13.7. The molecular weight excluding hydrogens is 306 g/mol. The molecule has 1 atom stereocenters. The molecule has 2 N–H and O–H groups in total. The van der Waals surface area contributed by atoms with Crippen LogP contribution in [0.3, 0.4) is 0 Å². The molecule has 5 nitrogen and oxygen atoms in total. The van der Waals surface area contributed by atoms with E-state index in [2.05, 4.69) is 10.4 Å². The summed E-state index contributed by atoms with van der Waals surface area (Å²) in [4.78, 5) is 13.5. The smallest absolute Gasteiger partial charge is 0.255 e. The highest BCUT2D eigenvalue weighted by Gasteiger charge is 2.20. The summed E-state index contributed by atoms with van der Waals surface area (Å²) >= 11 is 3.21. The second-order valence-electron chi connectivity index (χ2n) is 4.68. The lowest BCUT2D eigenvalue weighted by Gasteiger charge is -2.16. The number of thiophene rings is 1. The number of nitrogens with one attached hydrogen (secondary N) is 1. The first-order valence-electron chi connectivity index (χ1n) is 6.64. The van der Waals surface area contributed by atoms with Gasteiger partial charge < -0.3 is 10.4 Å². The topological polar surface area (TPSA) is 67.2 Å². The Labute approximate surface area is 132 Å². The predicted octanol–water partition coefficient (Wildman–Crippen LogP) is 1.99. The Bertz CT molecular complexity index is 575. The van der Waals surface area contributed by atoms with E-state index in [1.165, 1.54) is 0 Å². The molecule has 0 fully saturated rings. The minimum Gasteiger partial charge on any atom is -0.396 e. The Kier molecular flexibility index (Phi) is 5.84. The SMILES string of the molecule is CSCC(CCO)NC(=O)c1cn(C)nc1-c1cccs1. The Morgan fingerprint density at radius 2 is 2.43 bits per heavy atom. The fraction of sp³-hybridized carbons (Fsp3) is 0.429. The molecule has 0 aliphatic carbocycles. The zero-order valence-electron chi connectivity index (χ0n) is 12.1. The average Bonchev–Trinajstić information content (AvgIpc) is 3.07. The standard InChI is InChI=1S/C14H19N3O2S2/c1-17-8-11(13(16-17)12-4-3-7-21-12)14(19)15-10(5-6-18)9-20-2/h3-4,7-8,10,18H,5-6,9H2,1-2H3,(H,15,19). The van der Waals surface area contributed by atoms with Crippen LogP contribution in [0, 0.1) is 0 Å². The number of carbonyl (C=O) groups excluding carboxylic acids is 1. The highest BCUT2D eigenvalue weighted by molar-refractivity contribution is 7.98. The number of thioether (sulfide) groups is 1. The van der Waals surface area contributed by atoms with Gasteiger partial charge in [-0.1, -0.05) is 6.07 Å². The van der Waals surface area contributed by atoms with Crippen LogP contribution in [-0.4, -0.2) is 45.5 Å². The van der Waals surface area contributed by atoms with Gasteiger partial charge in [-0.25, -0.2) is 0 Å². The van der Waals surface area contributed by atoms with E-state index in [9.17, 15) is 4.79 Å². The fourth-order valence-corrected chi connectivity index (χ4v) is 3.44. The molecule has 0 saturated carbocycles. The molecule has 7 heteroatoms. The number of carbonyl (C=O) groups is 1. The molecule has 1 unspecified atom stereocenters. The highest BCUT2D eigenvalue weighted by atomic mass is 32.2. The normalized spacial score (nSPS) is 12.3. The lowest BCUT2D eigenvalue weighted by atomic mass is 10.2. The van der Waals surface area contributed by atoms with Gasteiger partial charge in [-0.3, -0.25) is 9.48 Å². The van der Waals surface area contributed by atoms with Gasteiger partial charge in [0.15, 0.2) is 0 Å². The summed E-state index contributed by atoms with van der Waals surface area (Å²) in [6.45, 7) is 0.0658. The number of amides is 1. The maximum atomic E-state index is 12.5. The Balaban J connectivity index is 2.19. The van der Waals surface area contributed by atoms with Gasteiger partial charge in [-0.05, 0) is 24.1 Å². The molecule has 0 saturated heterocycles. The number of aliphatic hydroxyl groups is 1. The minimum absolute atomic E-state index is 0.0334. The van der Waals surface area contributed by atoms with Crippen molar-refractivity contribution in [1.82, 2.24) is 15.1 Å². The van der Waals surface area contributed by atoms with E-state index in [-0.39, 0.29) is 18.6 Å². The number of aryl methyl sites for hydroxylation is 1. The van der Waals surface area contributed by atoms with Gasteiger partial charge in [-0.2, -0.15) is 16.9 Å². The van der Waals surface area contributed by atoms with Crippen LogP contribution >= 0.6 is 23.1 Å². The third-order valence-corrected chi connectivity index (χ3v) is 4.62. The summed E-state index contributed by atoms with van der Waals surface area (Å²) in [5.74, 6) is 0.639. The molecule has 0 aliphatic heterocycles. The largest absolute Gasteiger partial charge is 0.396 e. The van der Waals surface area contributed by atoms with Gasteiger partial charge >= 0.3 is 0 Å². The van der Waals surface area contributed by atoms with E-state index >= 15 is 0 Å². The van der Waals surface area contributed by atoms with Gasteiger partial charge in [0.2, 0.25) is 0 Å². The number of hydrogen-bond acceptors (Lipinski definition) is 5. The van der Waals surface area contributed by atoms with E-state index in [1.807, 2.05) is 23.8 Å². The molecule has 114 valence electrons. The molecular formula is C14H19N3O2S2. The fourth-order valence-electron chi connectivity index (χ4n) is 2.07. The van der Waals surface area contributed by atoms with Crippen molar-refractivity contribution in [2.75, 3.05) is 18.6 Å². The van der Waals surface area contributed by atoms with Crippen LogP contribution in [0.5, 0.6) is 0 Å². The van der Waals surface area contributed by atoms with E-state index in [4.69, 9.17) is 5.11 Å². The summed E-state index contributed by atoms with van der Waals surface area (Å²) in [7, 11) is 1.81. The van der Waals surface area contributed by atoms with Crippen molar-refractivity contribution in [3.8, 4) is 10.6 Å². The van der Waals surface area contributed by atoms with Crippen molar-refractivity contribution in [1.29, 1.82) is 0 Å². The summed E-state index contributed by atoms with van der Waals surface area (Å²) in [6, 6.07) is 3.86. The lowest BCUT2D eigenvalue weighted by molar-refractivity contribution is 0.0936. The van der Waals surface area contributed by atoms with E-state index < -0.39 is 0 Å². The van der Waals surface area contributed by atoms with Gasteiger partial charge in [-0.15, -0.1) is 11.3 Å². The molecule has 0 aromatic carbocycles. The molecule has 21 heavy (non-hydrogen) atoms. The van der Waals surface area contributed by atoms with Crippen LogP contribution in [0.15, 0.2) is 23.7 Å². The van der Waals surface area contributed by atoms with Crippen LogP contribution in [-0.2, 0) is 7.05 Å². The quantitative estimate of drug-likeness (QED) is 0.817. The Morgan fingerprint density at radius 3 is 3.05 bits per heavy atom. The van der Waals surface area contributed by atoms with Crippen molar-refractivity contribution in [2.45, 2.75) is 12.5 Å². The van der Waals surface area contributed by atoms with Crippen molar-refractivity contribution in [2.24, 2.45) is 7.05 Å². The summed E-state index contributed by atoms with van der Waals surface area (Å²) in [5.41, 5.74) is 1.28. The monoisotopic (exact) mass is 325 g/mol. The predicted molar refractivity (Wildman–Crippen MR) is 87.9 cm³/mol. The van der Waals surface area contributed by atoms with Crippen LogP contribution in [0.25, 0.3) is 10.6 Å². The zero-order chi connectivity index (χ0) is 15.2. The first kappa shape index (κ1) is 16.1. The van der Waals surface area contributed by atoms with Crippen molar-refractivity contribution in [3.05, 3.63) is 29.3 Å². The summed E-state index contributed by atoms with van der Waals surface area (Å²) in [6.07, 6.45) is 4.28. The number of aromatic nitrogens is 2. The summed E-state index contributed by atoms with van der Waals surface area (Å²) < 4.78 is 1.65.